The number of aliphatic hydroxyl groups excluding tert-OH is 2. The second kappa shape index (κ2) is 9.25. The molecule has 5 N–H and O–H groups in total. The average Bonchev–Trinajstić information content (AvgIpc) is 3.14. The summed E-state index contributed by atoms with van der Waals surface area (Å²) in [6.45, 7) is -0.0843. The van der Waals surface area contributed by atoms with Gasteiger partial charge in [0.1, 0.15) is 18.8 Å². The molecule has 0 saturated carbocycles. The molecular formula is C24H25N3O5. The third-order valence-electron chi connectivity index (χ3n) is 5.58. The molecule has 4 rings (SSSR count). The number of hydrogen-bond acceptors (Lipinski definition) is 7. The smallest absolute Gasteiger partial charge is 0.407 e. The summed E-state index contributed by atoms with van der Waals surface area (Å²) in [5, 5.41) is 23.2. The number of hydrogen-bond donors (Lipinski definition) is 4. The summed E-state index contributed by atoms with van der Waals surface area (Å²) < 4.78 is 10.5. The molecule has 3 aromatic rings. The zero-order chi connectivity index (χ0) is 22.7. The van der Waals surface area contributed by atoms with E-state index in [4.69, 9.17) is 15.2 Å². The van der Waals surface area contributed by atoms with Gasteiger partial charge in [-0.1, -0.05) is 48.5 Å². The molecule has 32 heavy (non-hydrogen) atoms. The lowest BCUT2D eigenvalue weighted by Crippen LogP contribution is -2.36. The number of nitrogens with zero attached hydrogens (tertiary/aromatic N) is 1. The van der Waals surface area contributed by atoms with Crippen LogP contribution >= 0.6 is 0 Å². The number of aromatic nitrogens is 1. The quantitative estimate of drug-likeness (QED) is 0.449. The lowest BCUT2D eigenvalue weighted by atomic mass is 9.98. The van der Waals surface area contributed by atoms with Gasteiger partial charge in [-0.2, -0.15) is 0 Å². The first-order chi connectivity index (χ1) is 15.5. The Bertz CT molecular complexity index is 1070. The standard InChI is InChI=1S/C24H25N3O5/c1-31-21-11-10-19(25)22(27-21)23(29)20(28)12-26-24(30)32-13-18-16-8-4-2-6-14(16)15-7-3-5-9-17(15)18/h2-11,18,20,23,28-29H,12-13,25H2,1H3,(H,26,30). The van der Waals surface area contributed by atoms with Crippen LogP contribution in [0.15, 0.2) is 60.7 Å². The van der Waals surface area contributed by atoms with Crippen molar-refractivity contribution in [2.24, 2.45) is 0 Å². The highest BCUT2D eigenvalue weighted by Crippen LogP contribution is 2.44. The molecule has 8 heteroatoms. The predicted octanol–water partition coefficient (Wildman–Crippen LogP) is 2.61. The first kappa shape index (κ1) is 21.6. The zero-order valence-electron chi connectivity index (χ0n) is 17.6. The van der Waals surface area contributed by atoms with Crippen molar-refractivity contribution in [3.63, 3.8) is 0 Å². The Morgan fingerprint density at radius 3 is 2.31 bits per heavy atom. The minimum absolute atomic E-state index is 0.0653. The molecular weight excluding hydrogens is 410 g/mol. The summed E-state index contributed by atoms with van der Waals surface area (Å²) in [5.74, 6) is 0.189. The lowest BCUT2D eigenvalue weighted by molar-refractivity contribution is 0.0163. The normalized spacial score (nSPS) is 14.2. The number of alkyl carbamates (subject to hydrolysis) is 1. The van der Waals surface area contributed by atoms with E-state index in [1.807, 2.05) is 36.4 Å². The highest BCUT2D eigenvalue weighted by atomic mass is 16.5. The summed E-state index contributed by atoms with van der Waals surface area (Å²) in [4.78, 5) is 16.3. The Hall–Kier alpha value is -3.62. The molecule has 0 aliphatic heterocycles. The van der Waals surface area contributed by atoms with Gasteiger partial charge in [-0.25, -0.2) is 9.78 Å². The van der Waals surface area contributed by atoms with E-state index in [0.717, 1.165) is 22.3 Å². The van der Waals surface area contributed by atoms with E-state index in [1.54, 1.807) is 6.07 Å². The lowest BCUT2D eigenvalue weighted by Gasteiger charge is -2.20. The molecule has 1 amide bonds. The first-order valence-corrected chi connectivity index (χ1v) is 10.2. The third-order valence-corrected chi connectivity index (χ3v) is 5.58. The third kappa shape index (κ3) is 4.23. The molecule has 1 aliphatic rings. The second-order valence-electron chi connectivity index (χ2n) is 7.55. The number of carbonyl (C=O) groups is 1. The number of methoxy groups -OCH3 is 1. The minimum Gasteiger partial charge on any atom is -0.481 e. The number of nitrogen functional groups attached to an aromatic ring is 1. The second-order valence-corrected chi connectivity index (χ2v) is 7.55. The Morgan fingerprint density at radius 2 is 1.69 bits per heavy atom. The molecule has 0 saturated heterocycles. The van der Waals surface area contributed by atoms with Gasteiger partial charge in [0, 0.05) is 18.5 Å². The van der Waals surface area contributed by atoms with Crippen molar-refractivity contribution < 1.29 is 24.5 Å². The maximum atomic E-state index is 12.3. The molecule has 1 aromatic heterocycles. The number of carbonyl (C=O) groups excluding carboxylic acids is 1. The minimum atomic E-state index is -1.40. The van der Waals surface area contributed by atoms with Gasteiger partial charge in [-0.05, 0) is 28.3 Å². The van der Waals surface area contributed by atoms with Crippen molar-refractivity contribution in [3.05, 3.63) is 77.5 Å². The van der Waals surface area contributed by atoms with Crippen LogP contribution in [0, 0.1) is 0 Å². The summed E-state index contributed by atoms with van der Waals surface area (Å²) in [5.41, 5.74) is 10.6. The van der Waals surface area contributed by atoms with Crippen LogP contribution in [0.4, 0.5) is 10.5 Å². The summed E-state index contributed by atoms with van der Waals surface area (Å²) in [6.07, 6.45) is -3.43. The number of amides is 1. The van der Waals surface area contributed by atoms with Crippen molar-refractivity contribution in [2.45, 2.75) is 18.1 Å². The molecule has 0 fully saturated rings. The van der Waals surface area contributed by atoms with Gasteiger partial charge in [0.05, 0.1) is 18.5 Å². The van der Waals surface area contributed by atoms with Gasteiger partial charge in [-0.3, -0.25) is 0 Å². The van der Waals surface area contributed by atoms with E-state index >= 15 is 0 Å². The molecule has 2 atom stereocenters. The Labute approximate surface area is 185 Å². The van der Waals surface area contributed by atoms with E-state index < -0.39 is 18.3 Å². The summed E-state index contributed by atoms with van der Waals surface area (Å²) in [6, 6.07) is 19.2. The van der Waals surface area contributed by atoms with E-state index in [-0.39, 0.29) is 36.3 Å². The van der Waals surface area contributed by atoms with Crippen LogP contribution in [0.5, 0.6) is 5.88 Å². The van der Waals surface area contributed by atoms with Crippen molar-refractivity contribution >= 4 is 11.8 Å². The SMILES string of the molecule is COc1ccc(N)c(C(O)C(O)CNC(=O)OCC2c3ccccc3-c3ccccc32)n1. The first-order valence-electron chi connectivity index (χ1n) is 10.2. The largest absolute Gasteiger partial charge is 0.481 e. The number of fused-ring (bicyclic) bond motifs is 3. The van der Waals surface area contributed by atoms with Crippen LogP contribution in [0.1, 0.15) is 28.8 Å². The predicted molar refractivity (Wildman–Crippen MR) is 119 cm³/mol. The highest BCUT2D eigenvalue weighted by Gasteiger charge is 2.29. The number of pyridine rings is 1. The monoisotopic (exact) mass is 435 g/mol. The van der Waals surface area contributed by atoms with Crippen LogP contribution in [0.2, 0.25) is 0 Å². The van der Waals surface area contributed by atoms with Crippen LogP contribution in [-0.2, 0) is 4.74 Å². The topological polar surface area (TPSA) is 127 Å². The summed E-state index contributed by atoms with van der Waals surface area (Å²) >= 11 is 0. The maximum Gasteiger partial charge on any atom is 0.407 e. The molecule has 1 aliphatic carbocycles. The van der Waals surface area contributed by atoms with E-state index in [9.17, 15) is 15.0 Å². The number of nitrogens with two attached hydrogens (primary N) is 1. The van der Waals surface area contributed by atoms with Crippen molar-refractivity contribution in [3.8, 4) is 17.0 Å². The van der Waals surface area contributed by atoms with Gasteiger partial charge in [0.25, 0.3) is 0 Å². The summed E-state index contributed by atoms with van der Waals surface area (Å²) in [7, 11) is 1.43. The van der Waals surface area contributed by atoms with Gasteiger partial charge in [0.2, 0.25) is 5.88 Å². The van der Waals surface area contributed by atoms with Crippen LogP contribution in [0.25, 0.3) is 11.1 Å². The molecule has 0 spiro atoms. The number of benzene rings is 2. The fraction of sp³-hybridized carbons (Fsp3) is 0.250. The molecule has 2 aromatic carbocycles. The molecule has 166 valence electrons. The molecule has 0 bridgehead atoms. The maximum absolute atomic E-state index is 12.3. The molecule has 1 heterocycles. The average molecular weight is 435 g/mol. The van der Waals surface area contributed by atoms with Gasteiger partial charge >= 0.3 is 6.09 Å². The fourth-order valence-corrected chi connectivity index (χ4v) is 3.95. The highest BCUT2D eigenvalue weighted by molar-refractivity contribution is 5.79. The van der Waals surface area contributed by atoms with E-state index in [1.165, 1.54) is 13.2 Å². The number of nitrogens with one attached hydrogen (secondary N) is 1. The number of rotatable bonds is 7. The van der Waals surface area contributed by atoms with Crippen molar-refractivity contribution in [1.82, 2.24) is 10.3 Å². The Kier molecular flexibility index (Phi) is 6.25. The zero-order valence-corrected chi connectivity index (χ0v) is 17.6. The van der Waals surface area contributed by atoms with Gasteiger partial charge in [-0.15, -0.1) is 0 Å². The van der Waals surface area contributed by atoms with E-state index in [2.05, 4.69) is 22.4 Å². The van der Waals surface area contributed by atoms with Crippen molar-refractivity contribution in [2.75, 3.05) is 26.0 Å². The van der Waals surface area contributed by atoms with Crippen LogP contribution in [-0.4, -0.2) is 47.7 Å². The van der Waals surface area contributed by atoms with Crippen molar-refractivity contribution in [1.29, 1.82) is 0 Å². The Morgan fingerprint density at radius 1 is 1.06 bits per heavy atom. The number of aliphatic hydroxyl groups is 2. The Balaban J connectivity index is 1.35. The van der Waals surface area contributed by atoms with Gasteiger partial charge in [0.15, 0.2) is 0 Å². The van der Waals surface area contributed by atoms with Crippen LogP contribution in [0.3, 0.4) is 0 Å². The molecule has 0 radical (unpaired) electrons. The fourth-order valence-electron chi connectivity index (χ4n) is 3.95. The number of ether oxygens (including phenoxy) is 2. The number of anilines is 1. The van der Waals surface area contributed by atoms with Crippen LogP contribution < -0.4 is 15.8 Å². The van der Waals surface area contributed by atoms with Gasteiger partial charge < -0.3 is 30.7 Å². The molecule has 2 unspecified atom stereocenters. The van der Waals surface area contributed by atoms with E-state index in [0.29, 0.717) is 0 Å². The molecule has 8 nitrogen and oxygen atoms in total.